The highest BCUT2D eigenvalue weighted by Crippen LogP contribution is 2.47. The third-order valence-electron chi connectivity index (χ3n) is 10.6. The summed E-state index contributed by atoms with van der Waals surface area (Å²) in [4.78, 5) is 2.46. The summed E-state index contributed by atoms with van der Waals surface area (Å²) in [5.74, 6) is 0. The largest absolute Gasteiger partial charge is 0.309 e. The average Bonchev–Trinajstić information content (AvgIpc) is 3.60. The van der Waals surface area contributed by atoms with Gasteiger partial charge in [-0.2, -0.15) is 0 Å². The molecule has 254 valence electrons. The predicted octanol–water partition coefficient (Wildman–Crippen LogP) is 14.4. The van der Waals surface area contributed by atoms with Crippen molar-refractivity contribution in [2.24, 2.45) is 0 Å². The number of aromatic nitrogens is 1. The van der Waals surface area contributed by atoms with E-state index in [9.17, 15) is 0 Å². The lowest BCUT2D eigenvalue weighted by atomic mass is 9.94. The van der Waals surface area contributed by atoms with E-state index in [2.05, 4.69) is 228 Å². The molecular weight excluding hydrogens is 653 g/mol. The van der Waals surface area contributed by atoms with E-state index in [1.165, 1.54) is 54.8 Å². The van der Waals surface area contributed by atoms with Crippen LogP contribution in [0.25, 0.3) is 71.6 Å². The topological polar surface area (TPSA) is 8.17 Å². The molecule has 0 aliphatic heterocycles. The summed E-state index contributed by atoms with van der Waals surface area (Å²) in [5, 5.41) is 4.92. The van der Waals surface area contributed by atoms with E-state index in [0.717, 1.165) is 33.9 Å². The summed E-state index contributed by atoms with van der Waals surface area (Å²) >= 11 is 0. The molecule has 0 aliphatic rings. The highest BCUT2D eigenvalue weighted by Gasteiger charge is 2.22. The highest BCUT2D eigenvalue weighted by molar-refractivity contribution is 6.16. The molecule has 0 spiro atoms. The Balaban J connectivity index is 1.19. The molecule has 0 saturated carbocycles. The van der Waals surface area contributed by atoms with Gasteiger partial charge in [0.1, 0.15) is 0 Å². The summed E-state index contributed by atoms with van der Waals surface area (Å²) in [6.45, 7) is 0. The van der Waals surface area contributed by atoms with Crippen molar-refractivity contribution in [2.45, 2.75) is 0 Å². The van der Waals surface area contributed by atoms with Crippen molar-refractivity contribution in [2.75, 3.05) is 4.90 Å². The second kappa shape index (κ2) is 13.4. The lowest BCUT2D eigenvalue weighted by molar-refractivity contribution is 1.18. The van der Waals surface area contributed by atoms with E-state index in [-0.39, 0.29) is 0 Å². The van der Waals surface area contributed by atoms with Crippen molar-refractivity contribution in [3.05, 3.63) is 218 Å². The zero-order valence-corrected chi connectivity index (χ0v) is 29.7. The van der Waals surface area contributed by atoms with Gasteiger partial charge in [0.15, 0.2) is 0 Å². The predicted molar refractivity (Wildman–Crippen MR) is 229 cm³/mol. The number of rotatable bonds is 7. The van der Waals surface area contributed by atoms with Gasteiger partial charge in [0, 0.05) is 33.0 Å². The van der Waals surface area contributed by atoms with Crippen molar-refractivity contribution in [3.63, 3.8) is 0 Å². The molecule has 0 bridgehead atoms. The number of hydrogen-bond donors (Lipinski definition) is 0. The molecule has 0 N–H and O–H groups in total. The van der Waals surface area contributed by atoms with Gasteiger partial charge in [-0.25, -0.2) is 0 Å². The Labute approximate surface area is 315 Å². The van der Waals surface area contributed by atoms with Crippen LogP contribution >= 0.6 is 0 Å². The van der Waals surface area contributed by atoms with Gasteiger partial charge >= 0.3 is 0 Å². The van der Waals surface area contributed by atoms with Gasteiger partial charge in [0.05, 0.1) is 28.1 Å². The molecule has 0 atom stereocenters. The smallest absolute Gasteiger partial charge is 0.0547 e. The first-order valence-electron chi connectivity index (χ1n) is 18.5. The molecule has 1 heterocycles. The van der Waals surface area contributed by atoms with Gasteiger partial charge in [-0.1, -0.05) is 170 Å². The molecule has 0 amide bonds. The maximum absolute atomic E-state index is 2.46. The molecule has 0 saturated heterocycles. The summed E-state index contributed by atoms with van der Waals surface area (Å²) in [6, 6.07) is 78.9. The molecule has 0 aliphatic carbocycles. The zero-order chi connectivity index (χ0) is 35.8. The molecule has 0 radical (unpaired) electrons. The number of anilines is 3. The van der Waals surface area contributed by atoms with E-state index in [4.69, 9.17) is 0 Å². The maximum Gasteiger partial charge on any atom is 0.0547 e. The molecular formula is C52H36N2. The Kier molecular flexibility index (Phi) is 7.85. The van der Waals surface area contributed by atoms with Crippen molar-refractivity contribution in [1.29, 1.82) is 0 Å². The average molecular weight is 689 g/mol. The van der Waals surface area contributed by atoms with E-state index in [1.807, 2.05) is 0 Å². The minimum Gasteiger partial charge on any atom is -0.309 e. The van der Waals surface area contributed by atoms with E-state index in [1.54, 1.807) is 0 Å². The first kappa shape index (κ1) is 31.6. The summed E-state index contributed by atoms with van der Waals surface area (Å²) < 4.78 is 2.39. The van der Waals surface area contributed by atoms with Crippen LogP contribution in [0, 0.1) is 0 Å². The van der Waals surface area contributed by atoms with Crippen molar-refractivity contribution in [3.8, 4) is 39.1 Å². The van der Waals surface area contributed by atoms with Crippen LogP contribution in [0.2, 0.25) is 0 Å². The molecule has 2 heteroatoms. The van der Waals surface area contributed by atoms with Crippen LogP contribution in [-0.4, -0.2) is 4.57 Å². The van der Waals surface area contributed by atoms with Crippen LogP contribution in [0.5, 0.6) is 0 Å². The fraction of sp³-hybridized carbons (Fsp3) is 0. The minimum absolute atomic E-state index is 1.12. The standard InChI is InChI=1S/C52H36N2/c1-3-18-37(19-4-1)42-27-9-12-31-47(42)54(49-34-16-21-38-20-7-8-26-43(38)49)48-32-13-10-28-44(48)39-22-15-23-40(36-39)45-30-17-35-51-52(45)46-29-11-14-33-50(46)53(51)41-24-5-2-6-25-41/h1-36H. The monoisotopic (exact) mass is 688 g/mol. The SMILES string of the molecule is c1ccc(-c2ccccc2N(c2ccccc2-c2cccc(-c3cccc4c3c3ccccc3n4-c3ccccc3)c2)c2cccc3ccccc23)cc1. The van der Waals surface area contributed by atoms with Gasteiger partial charge in [-0.05, 0) is 76.2 Å². The van der Waals surface area contributed by atoms with Crippen LogP contribution in [-0.2, 0) is 0 Å². The quantitative estimate of drug-likeness (QED) is 0.162. The lowest BCUT2D eigenvalue weighted by Gasteiger charge is -2.31. The molecule has 0 fully saturated rings. The number of para-hydroxylation sites is 4. The first-order chi connectivity index (χ1) is 26.8. The van der Waals surface area contributed by atoms with Crippen LogP contribution in [0.3, 0.4) is 0 Å². The van der Waals surface area contributed by atoms with Crippen molar-refractivity contribution >= 4 is 49.6 Å². The van der Waals surface area contributed by atoms with Gasteiger partial charge in [0.2, 0.25) is 0 Å². The summed E-state index contributed by atoms with van der Waals surface area (Å²) in [5.41, 5.74) is 14.0. The number of nitrogens with zero attached hydrogens (tertiary/aromatic N) is 2. The summed E-state index contributed by atoms with van der Waals surface area (Å²) in [6.07, 6.45) is 0. The second-order valence-corrected chi connectivity index (χ2v) is 13.7. The van der Waals surface area contributed by atoms with Gasteiger partial charge in [-0.15, -0.1) is 0 Å². The molecule has 0 unspecified atom stereocenters. The maximum atomic E-state index is 2.46. The number of hydrogen-bond acceptors (Lipinski definition) is 1. The van der Waals surface area contributed by atoms with Gasteiger partial charge in [0.25, 0.3) is 0 Å². The Morgan fingerprint density at radius 1 is 0.315 bits per heavy atom. The van der Waals surface area contributed by atoms with Gasteiger partial charge in [-0.3, -0.25) is 0 Å². The molecule has 2 nitrogen and oxygen atoms in total. The lowest BCUT2D eigenvalue weighted by Crippen LogP contribution is -2.13. The second-order valence-electron chi connectivity index (χ2n) is 13.7. The molecule has 10 aromatic rings. The fourth-order valence-electron chi connectivity index (χ4n) is 8.21. The Hall–Kier alpha value is -7.16. The highest BCUT2D eigenvalue weighted by atomic mass is 15.1. The molecule has 1 aromatic heterocycles. The van der Waals surface area contributed by atoms with E-state index < -0.39 is 0 Å². The van der Waals surface area contributed by atoms with Crippen molar-refractivity contribution in [1.82, 2.24) is 4.57 Å². The minimum atomic E-state index is 1.12. The fourth-order valence-corrected chi connectivity index (χ4v) is 8.21. The molecule has 9 aromatic carbocycles. The summed E-state index contributed by atoms with van der Waals surface area (Å²) in [7, 11) is 0. The van der Waals surface area contributed by atoms with E-state index >= 15 is 0 Å². The third kappa shape index (κ3) is 5.36. The third-order valence-corrected chi connectivity index (χ3v) is 10.6. The van der Waals surface area contributed by atoms with Gasteiger partial charge < -0.3 is 9.47 Å². The van der Waals surface area contributed by atoms with Crippen LogP contribution in [0.15, 0.2) is 218 Å². The van der Waals surface area contributed by atoms with Crippen LogP contribution in [0.4, 0.5) is 17.1 Å². The Bertz CT molecular complexity index is 2930. The first-order valence-corrected chi connectivity index (χ1v) is 18.5. The number of benzene rings is 9. The normalized spacial score (nSPS) is 11.3. The molecule has 54 heavy (non-hydrogen) atoms. The molecule has 10 rings (SSSR count). The Morgan fingerprint density at radius 2 is 0.796 bits per heavy atom. The Morgan fingerprint density at radius 3 is 1.57 bits per heavy atom. The van der Waals surface area contributed by atoms with Crippen LogP contribution < -0.4 is 4.90 Å². The van der Waals surface area contributed by atoms with Crippen molar-refractivity contribution < 1.29 is 0 Å². The van der Waals surface area contributed by atoms with Crippen LogP contribution in [0.1, 0.15) is 0 Å². The number of fused-ring (bicyclic) bond motifs is 4. The van der Waals surface area contributed by atoms with E-state index in [0.29, 0.717) is 0 Å². The zero-order valence-electron chi connectivity index (χ0n) is 29.7.